The van der Waals surface area contributed by atoms with Crippen LogP contribution in [0.5, 0.6) is 0 Å². The molecule has 0 aromatic heterocycles. The molecule has 5 heteroatoms. The van der Waals surface area contributed by atoms with Crippen LogP contribution in [0.3, 0.4) is 0 Å². The molecule has 1 aliphatic rings. The summed E-state index contributed by atoms with van der Waals surface area (Å²) in [6.07, 6.45) is -4.25. The molecule has 0 aromatic rings. The highest BCUT2D eigenvalue weighted by molar-refractivity contribution is 4.85. The molecule has 60 valence electrons. The van der Waals surface area contributed by atoms with Crippen LogP contribution >= 0.6 is 0 Å². The summed E-state index contributed by atoms with van der Waals surface area (Å²) < 4.78 is 4.67. The topological polar surface area (TPSA) is 95.9 Å². The fraction of sp³-hybridized carbons (Fsp3) is 1.00. The molecule has 0 bridgehead atoms. The molecule has 2 unspecified atom stereocenters. The van der Waals surface area contributed by atoms with E-state index in [1.165, 1.54) is 0 Å². The highest BCUT2D eigenvalue weighted by atomic mass is 16.6. The van der Waals surface area contributed by atoms with Crippen LogP contribution in [0, 0.1) is 0 Å². The van der Waals surface area contributed by atoms with E-state index in [1.54, 1.807) is 0 Å². The first kappa shape index (κ1) is 7.90. The predicted octanol–water partition coefficient (Wildman–Crippen LogP) is -2.62. The van der Waals surface area contributed by atoms with Gasteiger partial charge in [0, 0.05) is 6.54 Å². The second-order valence-corrected chi connectivity index (χ2v) is 2.28. The van der Waals surface area contributed by atoms with E-state index >= 15 is 0 Å². The van der Waals surface area contributed by atoms with Crippen LogP contribution in [0.4, 0.5) is 0 Å². The molecule has 5 N–H and O–H groups in total. The van der Waals surface area contributed by atoms with Gasteiger partial charge in [-0.3, -0.25) is 0 Å². The maximum atomic E-state index is 9.01. The van der Waals surface area contributed by atoms with Crippen molar-refractivity contribution in [2.75, 3.05) is 6.54 Å². The van der Waals surface area contributed by atoms with Gasteiger partial charge in [0.1, 0.15) is 18.3 Å². The molecule has 1 heterocycles. The van der Waals surface area contributed by atoms with Crippen molar-refractivity contribution in [3.05, 3.63) is 0 Å². The van der Waals surface area contributed by atoms with E-state index in [-0.39, 0.29) is 6.54 Å². The van der Waals surface area contributed by atoms with Crippen LogP contribution < -0.4 is 5.73 Å². The average molecular weight is 149 g/mol. The Labute approximate surface area is 58.0 Å². The van der Waals surface area contributed by atoms with E-state index < -0.39 is 24.6 Å². The van der Waals surface area contributed by atoms with E-state index in [0.29, 0.717) is 0 Å². The standard InChI is InChI=1S/C5H11NO4/c6-1-2-3(7)4(8)5(9)10-2/h2-5,7-9H,1,6H2/t2?,3-,4-,5?/m1/s1. The minimum atomic E-state index is -1.30. The van der Waals surface area contributed by atoms with Crippen molar-refractivity contribution in [1.29, 1.82) is 0 Å². The van der Waals surface area contributed by atoms with Gasteiger partial charge in [-0.2, -0.15) is 0 Å². The summed E-state index contributed by atoms with van der Waals surface area (Å²) in [5.74, 6) is 0. The van der Waals surface area contributed by atoms with Crippen molar-refractivity contribution in [1.82, 2.24) is 0 Å². The Bertz CT molecular complexity index is 120. The first-order chi connectivity index (χ1) is 4.66. The summed E-state index contributed by atoms with van der Waals surface area (Å²) in [4.78, 5) is 0. The number of hydrogen-bond acceptors (Lipinski definition) is 5. The zero-order chi connectivity index (χ0) is 7.72. The van der Waals surface area contributed by atoms with Crippen molar-refractivity contribution >= 4 is 0 Å². The van der Waals surface area contributed by atoms with Crippen molar-refractivity contribution in [2.24, 2.45) is 5.73 Å². The van der Waals surface area contributed by atoms with E-state index in [4.69, 9.17) is 21.1 Å². The van der Waals surface area contributed by atoms with Gasteiger partial charge in [0.15, 0.2) is 6.29 Å². The third kappa shape index (κ3) is 1.14. The Morgan fingerprint density at radius 2 is 1.80 bits per heavy atom. The second-order valence-electron chi connectivity index (χ2n) is 2.28. The summed E-state index contributed by atoms with van der Waals surface area (Å²) in [5.41, 5.74) is 5.14. The zero-order valence-electron chi connectivity index (χ0n) is 5.34. The number of aliphatic hydroxyl groups is 3. The third-order valence-electron chi connectivity index (χ3n) is 1.57. The third-order valence-corrected chi connectivity index (χ3v) is 1.57. The Morgan fingerprint density at radius 3 is 2.00 bits per heavy atom. The fourth-order valence-electron chi connectivity index (χ4n) is 0.924. The molecule has 1 fully saturated rings. The van der Waals surface area contributed by atoms with Crippen molar-refractivity contribution < 1.29 is 20.1 Å². The van der Waals surface area contributed by atoms with Gasteiger partial charge in [0.2, 0.25) is 0 Å². The van der Waals surface area contributed by atoms with Crippen LogP contribution in [-0.2, 0) is 4.74 Å². The van der Waals surface area contributed by atoms with Crippen LogP contribution in [0.1, 0.15) is 0 Å². The summed E-state index contributed by atoms with van der Waals surface area (Å²) in [5, 5.41) is 26.7. The summed E-state index contributed by atoms with van der Waals surface area (Å²) in [6, 6.07) is 0. The molecule has 0 aromatic carbocycles. The van der Waals surface area contributed by atoms with E-state index in [2.05, 4.69) is 4.74 Å². The Balaban J connectivity index is 2.53. The Morgan fingerprint density at radius 1 is 1.20 bits per heavy atom. The lowest BCUT2D eigenvalue weighted by atomic mass is 10.1. The largest absolute Gasteiger partial charge is 0.387 e. The number of aliphatic hydroxyl groups excluding tert-OH is 3. The molecule has 0 radical (unpaired) electrons. The monoisotopic (exact) mass is 149 g/mol. The fourth-order valence-corrected chi connectivity index (χ4v) is 0.924. The molecule has 0 amide bonds. The highest BCUT2D eigenvalue weighted by Crippen LogP contribution is 2.17. The molecule has 5 nitrogen and oxygen atoms in total. The second kappa shape index (κ2) is 2.81. The highest BCUT2D eigenvalue weighted by Gasteiger charge is 2.40. The molecule has 1 rings (SSSR count). The molecule has 0 aliphatic carbocycles. The number of nitrogens with two attached hydrogens (primary N) is 1. The lowest BCUT2D eigenvalue weighted by Crippen LogP contribution is -2.35. The average Bonchev–Trinajstić information content (AvgIpc) is 2.17. The number of rotatable bonds is 1. The Kier molecular flexibility index (Phi) is 2.22. The summed E-state index contributed by atoms with van der Waals surface area (Å²) >= 11 is 0. The zero-order valence-corrected chi connectivity index (χ0v) is 5.34. The molecule has 4 atom stereocenters. The lowest BCUT2D eigenvalue weighted by molar-refractivity contribution is -0.125. The number of hydrogen-bond donors (Lipinski definition) is 4. The molecule has 0 spiro atoms. The van der Waals surface area contributed by atoms with Crippen LogP contribution in [0.25, 0.3) is 0 Å². The van der Waals surface area contributed by atoms with Crippen LogP contribution in [0.2, 0.25) is 0 Å². The van der Waals surface area contributed by atoms with E-state index in [9.17, 15) is 0 Å². The van der Waals surface area contributed by atoms with Gasteiger partial charge in [0.25, 0.3) is 0 Å². The Hall–Kier alpha value is -0.200. The molecule has 10 heavy (non-hydrogen) atoms. The van der Waals surface area contributed by atoms with Crippen molar-refractivity contribution in [3.63, 3.8) is 0 Å². The quantitative estimate of drug-likeness (QED) is 0.327. The van der Waals surface area contributed by atoms with Crippen LogP contribution in [-0.4, -0.2) is 46.5 Å². The van der Waals surface area contributed by atoms with Gasteiger partial charge in [0.05, 0.1) is 0 Å². The van der Waals surface area contributed by atoms with Gasteiger partial charge in [-0.1, -0.05) is 0 Å². The van der Waals surface area contributed by atoms with E-state index in [0.717, 1.165) is 0 Å². The first-order valence-electron chi connectivity index (χ1n) is 3.06. The first-order valence-corrected chi connectivity index (χ1v) is 3.06. The minimum absolute atomic E-state index is 0.0925. The van der Waals surface area contributed by atoms with Gasteiger partial charge >= 0.3 is 0 Å². The molecule has 0 saturated carbocycles. The van der Waals surface area contributed by atoms with Crippen LogP contribution in [0.15, 0.2) is 0 Å². The normalized spacial score (nSPS) is 48.0. The maximum absolute atomic E-state index is 9.01. The van der Waals surface area contributed by atoms with Gasteiger partial charge < -0.3 is 25.8 Å². The summed E-state index contributed by atoms with van der Waals surface area (Å²) in [7, 11) is 0. The SMILES string of the molecule is NCC1OC(O)[C@H](O)[C@@H]1O. The molecular weight excluding hydrogens is 138 g/mol. The van der Waals surface area contributed by atoms with Gasteiger partial charge in [-0.05, 0) is 0 Å². The minimum Gasteiger partial charge on any atom is -0.387 e. The van der Waals surface area contributed by atoms with Gasteiger partial charge in [-0.15, -0.1) is 0 Å². The maximum Gasteiger partial charge on any atom is 0.184 e. The molecular formula is C5H11NO4. The van der Waals surface area contributed by atoms with Gasteiger partial charge in [-0.25, -0.2) is 0 Å². The molecule has 1 saturated heterocycles. The summed E-state index contributed by atoms with van der Waals surface area (Å²) in [6.45, 7) is 0.0925. The van der Waals surface area contributed by atoms with Crippen molar-refractivity contribution in [2.45, 2.75) is 24.6 Å². The predicted molar refractivity (Wildman–Crippen MR) is 31.9 cm³/mol. The lowest BCUT2D eigenvalue weighted by Gasteiger charge is -2.10. The number of ether oxygens (including phenoxy) is 1. The smallest absolute Gasteiger partial charge is 0.184 e. The molecule has 1 aliphatic heterocycles. The van der Waals surface area contributed by atoms with Crippen molar-refractivity contribution in [3.8, 4) is 0 Å². The van der Waals surface area contributed by atoms with E-state index in [1.807, 2.05) is 0 Å².